The molecule has 3 nitrogen and oxygen atoms in total. The van der Waals surface area contributed by atoms with E-state index >= 15 is 0 Å². The maximum absolute atomic E-state index is 11.3. The smallest absolute Gasteiger partial charge is 0.315 e. The largest absolute Gasteiger partial charge is 0.335 e. The van der Waals surface area contributed by atoms with Gasteiger partial charge in [0.05, 0.1) is 0 Å². The van der Waals surface area contributed by atoms with E-state index in [4.69, 9.17) is 0 Å². The summed E-state index contributed by atoms with van der Waals surface area (Å²) in [6.45, 7) is 0. The van der Waals surface area contributed by atoms with Crippen LogP contribution in [-0.4, -0.2) is 18.1 Å². The maximum atomic E-state index is 11.3. The molecule has 1 atom stereocenters. The lowest BCUT2D eigenvalue weighted by Crippen LogP contribution is -2.43. The molecule has 0 spiro atoms. The lowest BCUT2D eigenvalue weighted by molar-refractivity contribution is 0.235. The average molecular weight is 180 g/mol. The van der Waals surface area contributed by atoms with E-state index in [1.165, 1.54) is 0 Å². The molecule has 3 heteroatoms. The highest BCUT2D eigenvalue weighted by atomic mass is 16.2. The first-order chi connectivity index (χ1) is 6.34. The highest BCUT2D eigenvalue weighted by Gasteiger charge is 2.24. The van der Waals surface area contributed by atoms with Crippen LogP contribution in [0, 0.1) is 0 Å². The van der Waals surface area contributed by atoms with Crippen molar-refractivity contribution in [2.45, 2.75) is 44.2 Å². The van der Waals surface area contributed by atoms with Gasteiger partial charge in [0.1, 0.15) is 0 Å². The van der Waals surface area contributed by atoms with E-state index in [1.807, 2.05) is 0 Å². The van der Waals surface area contributed by atoms with Gasteiger partial charge >= 0.3 is 6.03 Å². The van der Waals surface area contributed by atoms with Crippen LogP contribution in [0.5, 0.6) is 0 Å². The van der Waals surface area contributed by atoms with Gasteiger partial charge in [-0.15, -0.1) is 0 Å². The number of allylic oxidation sites excluding steroid dienone is 1. The zero-order valence-electron chi connectivity index (χ0n) is 7.75. The Bertz CT molecular complexity index is 221. The van der Waals surface area contributed by atoms with Gasteiger partial charge in [0.15, 0.2) is 0 Å². The zero-order chi connectivity index (χ0) is 9.10. The molecule has 2 amide bonds. The molecular formula is C10H16N2O. The standard InChI is InChI=1S/C10H16N2O/c13-10(12-9-6-7-9)11-8-4-2-1-3-5-8/h1-2,8-9H,3-7H2,(H2,11,12,13). The van der Waals surface area contributed by atoms with Crippen LogP contribution >= 0.6 is 0 Å². The fraction of sp³-hybridized carbons (Fsp3) is 0.700. The summed E-state index contributed by atoms with van der Waals surface area (Å²) in [6.07, 6.45) is 9.78. The summed E-state index contributed by atoms with van der Waals surface area (Å²) in [5, 5.41) is 5.92. The van der Waals surface area contributed by atoms with Gasteiger partial charge in [0.25, 0.3) is 0 Å². The minimum absolute atomic E-state index is 0.0165. The van der Waals surface area contributed by atoms with Crippen LogP contribution in [0.2, 0.25) is 0 Å². The molecule has 0 radical (unpaired) electrons. The second-order valence-electron chi connectivity index (χ2n) is 3.87. The maximum Gasteiger partial charge on any atom is 0.315 e. The van der Waals surface area contributed by atoms with Crippen molar-refractivity contribution >= 4 is 6.03 Å². The van der Waals surface area contributed by atoms with Crippen molar-refractivity contribution in [2.24, 2.45) is 0 Å². The molecule has 0 saturated heterocycles. The summed E-state index contributed by atoms with van der Waals surface area (Å²) in [6, 6.07) is 0.825. The number of rotatable bonds is 2. The van der Waals surface area contributed by atoms with Gasteiger partial charge < -0.3 is 10.6 Å². The Morgan fingerprint density at radius 3 is 2.46 bits per heavy atom. The fourth-order valence-electron chi connectivity index (χ4n) is 1.56. The number of amides is 2. The van der Waals surface area contributed by atoms with Crippen LogP contribution in [0.3, 0.4) is 0 Å². The third-order valence-corrected chi connectivity index (χ3v) is 2.52. The molecule has 0 aromatic rings. The number of hydrogen-bond donors (Lipinski definition) is 2. The van der Waals surface area contributed by atoms with Crippen molar-refractivity contribution in [3.8, 4) is 0 Å². The third-order valence-electron chi connectivity index (χ3n) is 2.52. The molecule has 1 fully saturated rings. The molecule has 2 aliphatic rings. The minimum atomic E-state index is 0.0165. The van der Waals surface area contributed by atoms with E-state index in [9.17, 15) is 4.79 Å². The van der Waals surface area contributed by atoms with Gasteiger partial charge in [-0.25, -0.2) is 4.79 Å². The van der Waals surface area contributed by atoms with Crippen molar-refractivity contribution in [2.75, 3.05) is 0 Å². The predicted octanol–water partition coefficient (Wildman–Crippen LogP) is 1.56. The molecule has 0 aromatic carbocycles. The van der Waals surface area contributed by atoms with Crippen molar-refractivity contribution in [3.63, 3.8) is 0 Å². The lowest BCUT2D eigenvalue weighted by Gasteiger charge is -2.19. The predicted molar refractivity (Wildman–Crippen MR) is 51.5 cm³/mol. The van der Waals surface area contributed by atoms with E-state index in [1.54, 1.807) is 0 Å². The van der Waals surface area contributed by atoms with E-state index in [0.717, 1.165) is 32.1 Å². The second kappa shape index (κ2) is 3.81. The van der Waals surface area contributed by atoms with Crippen molar-refractivity contribution < 1.29 is 4.79 Å². The van der Waals surface area contributed by atoms with Gasteiger partial charge in [0.2, 0.25) is 0 Å². The Morgan fingerprint density at radius 2 is 1.85 bits per heavy atom. The Hall–Kier alpha value is -0.990. The molecular weight excluding hydrogens is 164 g/mol. The van der Waals surface area contributed by atoms with Crippen molar-refractivity contribution in [1.29, 1.82) is 0 Å². The molecule has 0 aromatic heterocycles. The van der Waals surface area contributed by atoms with Crippen LogP contribution in [0.25, 0.3) is 0 Å². The van der Waals surface area contributed by atoms with Gasteiger partial charge in [-0.3, -0.25) is 0 Å². The number of carbonyl (C=O) groups excluding carboxylic acids is 1. The lowest BCUT2D eigenvalue weighted by atomic mass is 10.0. The molecule has 1 saturated carbocycles. The van der Waals surface area contributed by atoms with Crippen LogP contribution in [-0.2, 0) is 0 Å². The Morgan fingerprint density at radius 1 is 1.08 bits per heavy atom. The SMILES string of the molecule is O=C(NC1CC=CCC1)NC1CC1. The van der Waals surface area contributed by atoms with Gasteiger partial charge in [0, 0.05) is 12.1 Å². The first-order valence-electron chi connectivity index (χ1n) is 5.06. The highest BCUT2D eigenvalue weighted by molar-refractivity contribution is 5.74. The molecule has 13 heavy (non-hydrogen) atoms. The summed E-state index contributed by atoms with van der Waals surface area (Å²) in [4.78, 5) is 11.3. The van der Waals surface area contributed by atoms with Crippen molar-refractivity contribution in [1.82, 2.24) is 10.6 Å². The third kappa shape index (κ3) is 2.76. The summed E-state index contributed by atoms with van der Waals surface area (Å²) < 4.78 is 0. The number of urea groups is 1. The first-order valence-corrected chi connectivity index (χ1v) is 5.06. The summed E-state index contributed by atoms with van der Waals surface area (Å²) >= 11 is 0. The van der Waals surface area contributed by atoms with Gasteiger partial charge in [-0.1, -0.05) is 12.2 Å². The van der Waals surface area contributed by atoms with Crippen LogP contribution < -0.4 is 10.6 Å². The highest BCUT2D eigenvalue weighted by Crippen LogP contribution is 2.18. The van der Waals surface area contributed by atoms with Crippen LogP contribution in [0.15, 0.2) is 12.2 Å². The Balaban J connectivity index is 1.69. The van der Waals surface area contributed by atoms with Crippen molar-refractivity contribution in [3.05, 3.63) is 12.2 Å². The molecule has 2 aliphatic carbocycles. The Kier molecular flexibility index (Phi) is 2.52. The summed E-state index contributed by atoms with van der Waals surface area (Å²) in [5.41, 5.74) is 0. The van der Waals surface area contributed by atoms with E-state index in [-0.39, 0.29) is 6.03 Å². The normalized spacial score (nSPS) is 26.9. The zero-order valence-corrected chi connectivity index (χ0v) is 7.75. The number of carbonyl (C=O) groups is 1. The average Bonchev–Trinajstić information content (AvgIpc) is 2.90. The quantitative estimate of drug-likeness (QED) is 0.622. The summed E-state index contributed by atoms with van der Waals surface area (Å²) in [5.74, 6) is 0. The monoisotopic (exact) mass is 180 g/mol. The fourth-order valence-corrected chi connectivity index (χ4v) is 1.56. The molecule has 0 heterocycles. The van der Waals surface area contributed by atoms with Crippen LogP contribution in [0.1, 0.15) is 32.1 Å². The van der Waals surface area contributed by atoms with E-state index in [2.05, 4.69) is 22.8 Å². The number of hydrogen-bond acceptors (Lipinski definition) is 1. The van der Waals surface area contributed by atoms with E-state index in [0.29, 0.717) is 12.1 Å². The molecule has 72 valence electrons. The molecule has 2 N–H and O–H groups in total. The van der Waals surface area contributed by atoms with Crippen LogP contribution in [0.4, 0.5) is 4.79 Å². The molecule has 1 unspecified atom stereocenters. The molecule has 2 rings (SSSR count). The molecule has 0 bridgehead atoms. The minimum Gasteiger partial charge on any atom is -0.335 e. The van der Waals surface area contributed by atoms with E-state index < -0.39 is 0 Å². The molecule has 0 aliphatic heterocycles. The summed E-state index contributed by atoms with van der Waals surface area (Å²) in [7, 11) is 0. The number of nitrogens with one attached hydrogen (secondary N) is 2. The Labute approximate surface area is 78.6 Å². The van der Waals surface area contributed by atoms with Gasteiger partial charge in [-0.05, 0) is 32.1 Å². The topological polar surface area (TPSA) is 41.1 Å². The van der Waals surface area contributed by atoms with Gasteiger partial charge in [-0.2, -0.15) is 0 Å². The second-order valence-corrected chi connectivity index (χ2v) is 3.87. The first kappa shape index (κ1) is 8.60.